The van der Waals surface area contributed by atoms with Gasteiger partial charge in [0, 0.05) is 24.5 Å². The standard InChI is InChI=1S/C24H26N4O3/c1-16(2)14-21(29)28-22(18-8-5-4-6-9-18)23(30)27-20-11-10-19(15-17(20)3)31-24-25-12-7-13-26-24/h4-13,15-16,22H,14H2,1-3H3,(H,27,30)(H,28,29). The van der Waals surface area contributed by atoms with E-state index in [1.54, 1.807) is 36.7 Å². The number of hydrogen-bond acceptors (Lipinski definition) is 5. The third-order valence-electron chi connectivity index (χ3n) is 4.50. The summed E-state index contributed by atoms with van der Waals surface area (Å²) >= 11 is 0. The first-order chi connectivity index (χ1) is 14.9. The van der Waals surface area contributed by atoms with Crippen LogP contribution >= 0.6 is 0 Å². The Balaban J connectivity index is 1.75. The van der Waals surface area contributed by atoms with Gasteiger partial charge in [0.2, 0.25) is 5.91 Å². The molecule has 1 unspecified atom stereocenters. The Bertz CT molecular complexity index is 1020. The first-order valence-electron chi connectivity index (χ1n) is 10.1. The first-order valence-corrected chi connectivity index (χ1v) is 10.1. The quantitative estimate of drug-likeness (QED) is 0.565. The molecule has 0 aliphatic rings. The topological polar surface area (TPSA) is 93.2 Å². The molecule has 2 aromatic carbocycles. The number of anilines is 1. The molecule has 3 aromatic rings. The minimum absolute atomic E-state index is 0.165. The number of amides is 2. The van der Waals surface area contributed by atoms with Gasteiger partial charge in [0.15, 0.2) is 0 Å². The van der Waals surface area contributed by atoms with Crippen molar-refractivity contribution in [3.63, 3.8) is 0 Å². The third-order valence-corrected chi connectivity index (χ3v) is 4.50. The minimum atomic E-state index is -0.791. The van der Waals surface area contributed by atoms with E-state index >= 15 is 0 Å². The van der Waals surface area contributed by atoms with Gasteiger partial charge in [-0.05, 0) is 48.2 Å². The molecule has 3 rings (SSSR count). The van der Waals surface area contributed by atoms with Gasteiger partial charge < -0.3 is 15.4 Å². The molecule has 1 heterocycles. The number of carbonyl (C=O) groups excluding carboxylic acids is 2. The van der Waals surface area contributed by atoms with Crippen molar-refractivity contribution in [2.24, 2.45) is 5.92 Å². The van der Waals surface area contributed by atoms with E-state index in [9.17, 15) is 9.59 Å². The number of rotatable bonds is 8. The third kappa shape index (κ3) is 6.37. The van der Waals surface area contributed by atoms with Crippen molar-refractivity contribution in [2.75, 3.05) is 5.32 Å². The van der Waals surface area contributed by atoms with Crippen LogP contribution in [-0.4, -0.2) is 21.8 Å². The fourth-order valence-corrected chi connectivity index (χ4v) is 3.02. The largest absolute Gasteiger partial charge is 0.424 e. The highest BCUT2D eigenvalue weighted by Gasteiger charge is 2.23. The average molecular weight is 418 g/mol. The number of ether oxygens (including phenoxy) is 1. The molecule has 0 aliphatic heterocycles. The van der Waals surface area contributed by atoms with Gasteiger partial charge in [-0.1, -0.05) is 44.2 Å². The Labute approximate surface area is 181 Å². The van der Waals surface area contributed by atoms with Crippen molar-refractivity contribution in [1.82, 2.24) is 15.3 Å². The zero-order valence-corrected chi connectivity index (χ0v) is 17.8. The van der Waals surface area contributed by atoms with Crippen LogP contribution < -0.4 is 15.4 Å². The normalized spacial score (nSPS) is 11.6. The molecule has 0 saturated carbocycles. The predicted molar refractivity (Wildman–Crippen MR) is 119 cm³/mol. The van der Waals surface area contributed by atoms with Gasteiger partial charge in [-0.2, -0.15) is 0 Å². The summed E-state index contributed by atoms with van der Waals surface area (Å²) in [6.45, 7) is 5.79. The highest BCUT2D eigenvalue weighted by molar-refractivity contribution is 5.98. The number of nitrogens with zero attached hydrogens (tertiary/aromatic N) is 2. The molecule has 0 fully saturated rings. The summed E-state index contributed by atoms with van der Waals surface area (Å²) in [5.74, 6) is 0.281. The Morgan fingerprint density at radius 2 is 1.71 bits per heavy atom. The predicted octanol–water partition coefficient (Wildman–Crippen LogP) is 4.42. The average Bonchev–Trinajstić information content (AvgIpc) is 2.75. The molecular formula is C24H26N4O3. The summed E-state index contributed by atoms with van der Waals surface area (Å²) in [5, 5.41) is 5.77. The Morgan fingerprint density at radius 3 is 2.35 bits per heavy atom. The maximum atomic E-state index is 13.1. The fraction of sp³-hybridized carbons (Fsp3) is 0.250. The zero-order valence-electron chi connectivity index (χ0n) is 17.8. The SMILES string of the molecule is Cc1cc(Oc2ncccn2)ccc1NC(=O)C(NC(=O)CC(C)C)c1ccccc1. The number of aromatic nitrogens is 2. The van der Waals surface area contributed by atoms with Crippen LogP contribution in [0, 0.1) is 12.8 Å². The number of aryl methyl sites for hydroxylation is 1. The molecule has 2 N–H and O–H groups in total. The van der Waals surface area contributed by atoms with Crippen LogP contribution in [0.3, 0.4) is 0 Å². The van der Waals surface area contributed by atoms with Crippen LogP contribution in [0.1, 0.15) is 37.4 Å². The second-order valence-electron chi connectivity index (χ2n) is 7.61. The van der Waals surface area contributed by atoms with Gasteiger partial charge in [-0.25, -0.2) is 9.97 Å². The van der Waals surface area contributed by atoms with Crippen LogP contribution in [0.15, 0.2) is 67.0 Å². The molecule has 0 bridgehead atoms. The highest BCUT2D eigenvalue weighted by Crippen LogP contribution is 2.25. The van der Waals surface area contributed by atoms with E-state index in [1.165, 1.54) is 0 Å². The lowest BCUT2D eigenvalue weighted by Gasteiger charge is -2.20. The molecule has 2 amide bonds. The molecule has 0 spiro atoms. The molecule has 1 atom stereocenters. The van der Waals surface area contributed by atoms with Crippen molar-refractivity contribution in [2.45, 2.75) is 33.2 Å². The summed E-state index contributed by atoms with van der Waals surface area (Å²) in [4.78, 5) is 33.5. The molecule has 160 valence electrons. The number of hydrogen-bond donors (Lipinski definition) is 2. The number of benzene rings is 2. The van der Waals surface area contributed by atoms with Crippen molar-refractivity contribution in [3.05, 3.63) is 78.1 Å². The van der Waals surface area contributed by atoms with E-state index in [1.807, 2.05) is 51.1 Å². The second kappa shape index (κ2) is 10.3. The van der Waals surface area contributed by atoms with Crippen LogP contribution in [-0.2, 0) is 9.59 Å². The Hall–Kier alpha value is -3.74. The molecule has 31 heavy (non-hydrogen) atoms. The Kier molecular flexibility index (Phi) is 7.32. The maximum absolute atomic E-state index is 13.1. The van der Waals surface area contributed by atoms with Crippen LogP contribution in [0.2, 0.25) is 0 Å². The van der Waals surface area contributed by atoms with E-state index in [0.29, 0.717) is 17.9 Å². The summed E-state index contributed by atoms with van der Waals surface area (Å²) in [6.07, 6.45) is 3.55. The molecular weight excluding hydrogens is 392 g/mol. The van der Waals surface area contributed by atoms with Gasteiger partial charge in [0.1, 0.15) is 11.8 Å². The van der Waals surface area contributed by atoms with E-state index in [4.69, 9.17) is 4.74 Å². The van der Waals surface area contributed by atoms with E-state index < -0.39 is 6.04 Å². The summed E-state index contributed by atoms with van der Waals surface area (Å²) in [6, 6.07) is 15.6. The van der Waals surface area contributed by atoms with Crippen LogP contribution in [0.25, 0.3) is 0 Å². The van der Waals surface area contributed by atoms with E-state index in [2.05, 4.69) is 20.6 Å². The van der Waals surface area contributed by atoms with Gasteiger partial charge >= 0.3 is 6.01 Å². The van der Waals surface area contributed by atoms with E-state index in [0.717, 1.165) is 11.1 Å². The van der Waals surface area contributed by atoms with Gasteiger partial charge in [-0.15, -0.1) is 0 Å². The lowest BCUT2D eigenvalue weighted by molar-refractivity contribution is -0.127. The van der Waals surface area contributed by atoms with E-state index in [-0.39, 0.29) is 23.7 Å². The Morgan fingerprint density at radius 1 is 1.00 bits per heavy atom. The monoisotopic (exact) mass is 418 g/mol. The number of carbonyl (C=O) groups is 2. The van der Waals surface area contributed by atoms with Gasteiger partial charge in [-0.3, -0.25) is 9.59 Å². The van der Waals surface area contributed by atoms with Crippen LogP contribution in [0.4, 0.5) is 5.69 Å². The molecule has 7 heteroatoms. The zero-order chi connectivity index (χ0) is 22.2. The second-order valence-corrected chi connectivity index (χ2v) is 7.61. The highest BCUT2D eigenvalue weighted by atomic mass is 16.5. The van der Waals surface area contributed by atoms with Gasteiger partial charge in [0.05, 0.1) is 0 Å². The van der Waals surface area contributed by atoms with Crippen molar-refractivity contribution in [1.29, 1.82) is 0 Å². The molecule has 1 aromatic heterocycles. The van der Waals surface area contributed by atoms with Crippen LogP contribution in [0.5, 0.6) is 11.8 Å². The number of nitrogens with one attached hydrogen (secondary N) is 2. The van der Waals surface area contributed by atoms with Crippen molar-refractivity contribution < 1.29 is 14.3 Å². The van der Waals surface area contributed by atoms with Crippen molar-refractivity contribution >= 4 is 17.5 Å². The smallest absolute Gasteiger partial charge is 0.321 e. The molecule has 0 radical (unpaired) electrons. The maximum Gasteiger partial charge on any atom is 0.321 e. The van der Waals surface area contributed by atoms with Crippen molar-refractivity contribution in [3.8, 4) is 11.8 Å². The molecule has 7 nitrogen and oxygen atoms in total. The lowest BCUT2D eigenvalue weighted by atomic mass is 10.0. The first kappa shape index (κ1) is 22.0. The lowest BCUT2D eigenvalue weighted by Crippen LogP contribution is -2.37. The van der Waals surface area contributed by atoms with Gasteiger partial charge in [0.25, 0.3) is 5.91 Å². The molecule has 0 aliphatic carbocycles. The minimum Gasteiger partial charge on any atom is -0.424 e. The summed E-state index contributed by atoms with van der Waals surface area (Å²) in [5.41, 5.74) is 2.16. The summed E-state index contributed by atoms with van der Waals surface area (Å²) < 4.78 is 5.63. The molecule has 0 saturated heterocycles. The summed E-state index contributed by atoms with van der Waals surface area (Å²) in [7, 11) is 0. The fourth-order valence-electron chi connectivity index (χ4n) is 3.02.